The van der Waals surface area contributed by atoms with E-state index >= 15 is 0 Å². The first-order chi connectivity index (χ1) is 1.73. The van der Waals surface area contributed by atoms with Crippen LogP contribution in [0.1, 0.15) is 20.8 Å². The molecule has 0 aromatic rings. The molecule has 0 rings (SSSR count). The Morgan fingerprint density at radius 1 is 0.545 bits per heavy atom. The van der Waals surface area contributed by atoms with E-state index in [9.17, 15) is 0 Å². The van der Waals surface area contributed by atoms with Gasteiger partial charge >= 0.3 is 103 Å². The minimum Gasteiger partial charge on any atom is -0.358 e. The topological polar surface area (TPSA) is 0 Å². The summed E-state index contributed by atoms with van der Waals surface area (Å²) in [5.74, 6) is 0.833. The van der Waals surface area contributed by atoms with Crippen LogP contribution in [0.25, 0.3) is 0 Å². The van der Waals surface area contributed by atoms with Crippen molar-refractivity contribution >= 4 is 0 Å². The fourth-order valence-corrected chi connectivity index (χ4v) is 0. The van der Waals surface area contributed by atoms with E-state index in [0.29, 0.717) is 0 Å². The summed E-state index contributed by atoms with van der Waals surface area (Å²) in [6.07, 6.45) is 0. The van der Waals surface area contributed by atoms with Gasteiger partial charge in [0.15, 0.2) is 0 Å². The van der Waals surface area contributed by atoms with Crippen LogP contribution in [-0.2, 0) is 0 Å². The summed E-state index contributed by atoms with van der Waals surface area (Å²) in [5, 5.41) is 0. The Kier molecular flexibility index (Phi) is 295. The van der Waals surface area contributed by atoms with Gasteiger partial charge in [-0.1, -0.05) is 20.8 Å². The van der Waals surface area contributed by atoms with Gasteiger partial charge in [-0.25, -0.2) is 0 Å². The Morgan fingerprint density at radius 2 is 0.545 bits per heavy atom. The Bertz CT molecular complexity index is 12.3. The third-order valence-electron chi connectivity index (χ3n) is 0. The Labute approximate surface area is 163 Å². The van der Waals surface area contributed by atoms with E-state index in [4.69, 9.17) is 0 Å². The van der Waals surface area contributed by atoms with Crippen LogP contribution in [0.15, 0.2) is 0 Å². The van der Waals surface area contributed by atoms with Crippen LogP contribution in [0.5, 0.6) is 0 Å². The van der Waals surface area contributed by atoms with E-state index < -0.39 is 0 Å². The SMILES string of the molecule is CC(C)C.[CH3-].[CH3-].[CH3-].[CH3-].[CH3-].[K+].[K+]. The summed E-state index contributed by atoms with van der Waals surface area (Å²) in [7, 11) is 0. The molecule has 66 valence electrons. The molecule has 0 saturated heterocycles. The van der Waals surface area contributed by atoms with Crippen molar-refractivity contribution in [3.63, 3.8) is 0 Å². The summed E-state index contributed by atoms with van der Waals surface area (Å²) in [4.78, 5) is 0. The monoisotopic (exact) mass is 211 g/mol. The molecule has 2 heteroatoms. The van der Waals surface area contributed by atoms with Crippen LogP contribution >= 0.6 is 0 Å². The molecule has 0 saturated carbocycles. The minimum absolute atomic E-state index is 0. The summed E-state index contributed by atoms with van der Waals surface area (Å²) >= 11 is 0. The first-order valence-corrected chi connectivity index (χ1v) is 1.73. The van der Waals surface area contributed by atoms with E-state index in [-0.39, 0.29) is 140 Å². The Morgan fingerprint density at radius 3 is 0.545 bits per heavy atom. The van der Waals surface area contributed by atoms with Crippen molar-refractivity contribution < 1.29 is 103 Å². The molecule has 0 amide bonds. The molecular weight excluding hydrogens is 186 g/mol. The molecule has 11 heavy (non-hydrogen) atoms. The van der Waals surface area contributed by atoms with Crippen LogP contribution < -0.4 is 103 Å². The van der Waals surface area contributed by atoms with Crippen LogP contribution in [-0.4, -0.2) is 0 Å². The van der Waals surface area contributed by atoms with E-state index in [1.807, 2.05) is 0 Å². The maximum absolute atomic E-state index is 2.17. The van der Waals surface area contributed by atoms with Gasteiger partial charge in [-0.2, -0.15) is 0 Å². The standard InChI is InChI=1S/C4H10.5CH3.2K/c1-4(2)3;;;;;;;/h4H,1-3H3;5*1H3;;/q;5*-1;2*+1. The molecule has 0 aliphatic rings. The van der Waals surface area contributed by atoms with Gasteiger partial charge in [0.05, 0.1) is 0 Å². The van der Waals surface area contributed by atoms with Gasteiger partial charge in [0, 0.05) is 0 Å². The van der Waals surface area contributed by atoms with E-state index in [1.54, 1.807) is 0 Å². The van der Waals surface area contributed by atoms with Crippen molar-refractivity contribution in [3.8, 4) is 0 Å². The van der Waals surface area contributed by atoms with Crippen molar-refractivity contribution in [1.82, 2.24) is 0 Å². The minimum atomic E-state index is 0. The second-order valence-corrected chi connectivity index (χ2v) is 1.73. The largest absolute Gasteiger partial charge is 1.00 e. The van der Waals surface area contributed by atoms with Crippen molar-refractivity contribution in [3.05, 3.63) is 37.1 Å². The van der Waals surface area contributed by atoms with Crippen molar-refractivity contribution in [2.24, 2.45) is 5.92 Å². The molecule has 0 aromatic heterocycles. The molecule has 0 unspecified atom stereocenters. The predicted molar refractivity (Wildman–Crippen MR) is 52.6 cm³/mol. The number of hydrogen-bond acceptors (Lipinski definition) is 0. The maximum atomic E-state index is 2.17. The summed E-state index contributed by atoms with van der Waals surface area (Å²) in [5.41, 5.74) is 0. The van der Waals surface area contributed by atoms with Gasteiger partial charge < -0.3 is 37.1 Å². The third-order valence-corrected chi connectivity index (χ3v) is 0. The zero-order chi connectivity index (χ0) is 3.58. The average molecular weight is 211 g/mol. The molecule has 0 aliphatic heterocycles. The van der Waals surface area contributed by atoms with E-state index in [2.05, 4.69) is 20.8 Å². The molecule has 0 nitrogen and oxygen atoms in total. The molecule has 0 heterocycles. The van der Waals surface area contributed by atoms with Gasteiger partial charge in [-0.3, -0.25) is 0 Å². The van der Waals surface area contributed by atoms with Gasteiger partial charge in [-0.15, -0.1) is 0 Å². The Balaban J connectivity index is -0.00000000214. The Hall–Kier alpha value is 3.27. The molecule has 0 atom stereocenters. The fourth-order valence-electron chi connectivity index (χ4n) is 0. The van der Waals surface area contributed by atoms with Gasteiger partial charge in [0.2, 0.25) is 0 Å². The maximum Gasteiger partial charge on any atom is 1.00 e. The van der Waals surface area contributed by atoms with Gasteiger partial charge in [0.1, 0.15) is 0 Å². The molecule has 0 N–H and O–H groups in total. The molecule has 0 bridgehead atoms. The predicted octanol–water partition coefficient (Wildman–Crippen LogP) is -2.08. The van der Waals surface area contributed by atoms with Crippen LogP contribution in [0.2, 0.25) is 0 Å². The van der Waals surface area contributed by atoms with Crippen LogP contribution in [0.3, 0.4) is 0 Å². The number of rotatable bonds is 0. The molecule has 0 radical (unpaired) electrons. The van der Waals surface area contributed by atoms with Crippen LogP contribution in [0, 0.1) is 43.1 Å². The summed E-state index contributed by atoms with van der Waals surface area (Å²) in [6, 6.07) is 0. The molecule has 0 fully saturated rings. The van der Waals surface area contributed by atoms with Gasteiger partial charge in [0.25, 0.3) is 0 Å². The molecule has 0 spiro atoms. The fraction of sp³-hybridized carbons (Fsp3) is 0.444. The van der Waals surface area contributed by atoms with Gasteiger partial charge in [-0.05, 0) is 5.92 Å². The average Bonchev–Trinajstić information content (AvgIpc) is 0.811. The molecular formula is C9H25K2-3. The van der Waals surface area contributed by atoms with Crippen molar-refractivity contribution in [2.75, 3.05) is 0 Å². The summed E-state index contributed by atoms with van der Waals surface area (Å²) in [6.45, 7) is 6.50. The first-order valence-electron chi connectivity index (χ1n) is 1.73. The second-order valence-electron chi connectivity index (χ2n) is 1.73. The zero-order valence-corrected chi connectivity index (χ0v) is 16.8. The third kappa shape index (κ3) is 157. The number of hydrogen-bond donors (Lipinski definition) is 0. The smallest absolute Gasteiger partial charge is 0.358 e. The first kappa shape index (κ1) is 63.9. The van der Waals surface area contributed by atoms with Crippen molar-refractivity contribution in [1.29, 1.82) is 0 Å². The quantitative estimate of drug-likeness (QED) is 0.319. The normalized spacial score (nSPS) is 3.27. The van der Waals surface area contributed by atoms with Crippen LogP contribution in [0.4, 0.5) is 0 Å². The second kappa shape index (κ2) is 50.8. The van der Waals surface area contributed by atoms with E-state index in [0.717, 1.165) is 5.92 Å². The zero-order valence-electron chi connectivity index (χ0n) is 10.6. The molecule has 0 aliphatic carbocycles. The summed E-state index contributed by atoms with van der Waals surface area (Å²) < 4.78 is 0. The van der Waals surface area contributed by atoms with Crippen molar-refractivity contribution in [2.45, 2.75) is 20.8 Å². The molecule has 0 aromatic carbocycles. The van der Waals surface area contributed by atoms with E-state index in [1.165, 1.54) is 0 Å².